The molecule has 2 atom stereocenters. The van der Waals surface area contributed by atoms with E-state index in [1.54, 1.807) is 0 Å². The maximum atomic E-state index is 12.6. The second kappa shape index (κ2) is 10.2. The maximum absolute atomic E-state index is 12.6. The quantitative estimate of drug-likeness (QED) is 0.858. The number of amides is 1. The molecule has 3 rings (SSSR count). The number of para-hydroxylation sites is 1. The minimum absolute atomic E-state index is 0. The van der Waals surface area contributed by atoms with Gasteiger partial charge in [-0.2, -0.15) is 0 Å². The number of morpholine rings is 1. The summed E-state index contributed by atoms with van der Waals surface area (Å²) >= 11 is 0. The molecule has 1 heterocycles. The molecule has 2 aliphatic rings. The van der Waals surface area contributed by atoms with Crippen LogP contribution in [0, 0.1) is 5.92 Å². The summed E-state index contributed by atoms with van der Waals surface area (Å²) in [7, 11) is 1.91. The van der Waals surface area contributed by atoms with Gasteiger partial charge in [-0.05, 0) is 30.9 Å². The van der Waals surface area contributed by atoms with Crippen LogP contribution in [0.1, 0.15) is 24.8 Å². The Balaban J connectivity index is 0.00000156. The Hall–Kier alpha value is -1.01. The molecule has 2 N–H and O–H groups in total. The van der Waals surface area contributed by atoms with Crippen LogP contribution in [0.4, 0.5) is 5.69 Å². The zero-order valence-corrected chi connectivity index (χ0v) is 16.4. The normalized spacial score (nSPS) is 22.7. The van der Waals surface area contributed by atoms with Gasteiger partial charge in [-0.3, -0.25) is 4.79 Å². The Morgan fingerprint density at radius 3 is 2.56 bits per heavy atom. The lowest BCUT2D eigenvalue weighted by molar-refractivity contribution is -0.134. The van der Waals surface area contributed by atoms with Crippen molar-refractivity contribution < 1.29 is 9.53 Å². The number of benzene rings is 1. The van der Waals surface area contributed by atoms with Crippen LogP contribution in [0.15, 0.2) is 24.3 Å². The molecular formula is C18H29Cl2N3O2. The summed E-state index contributed by atoms with van der Waals surface area (Å²) in [4.78, 5) is 16.8. The third-order valence-electron chi connectivity index (χ3n) is 4.95. The standard InChI is InChI=1S/C18H27N3O2.2ClH/c1-20(18(22)14-6-7-16(19)12-14)13-15-4-2-3-5-17(15)21-8-10-23-11-9-21;;/h2-5,14,16H,6-13,19H2,1H3;2*1H. The molecule has 7 heteroatoms. The summed E-state index contributed by atoms with van der Waals surface area (Å²) in [6.45, 7) is 4.00. The Kier molecular flexibility index (Phi) is 9.00. The Morgan fingerprint density at radius 2 is 1.92 bits per heavy atom. The van der Waals surface area contributed by atoms with Crippen molar-refractivity contribution in [2.45, 2.75) is 31.8 Å². The topological polar surface area (TPSA) is 58.8 Å². The molecule has 1 amide bonds. The van der Waals surface area contributed by atoms with Gasteiger partial charge >= 0.3 is 0 Å². The lowest BCUT2D eigenvalue weighted by atomic mass is 10.1. The minimum Gasteiger partial charge on any atom is -0.378 e. The lowest BCUT2D eigenvalue weighted by Gasteiger charge is -2.31. The Morgan fingerprint density at radius 1 is 1.24 bits per heavy atom. The van der Waals surface area contributed by atoms with Crippen molar-refractivity contribution >= 4 is 36.4 Å². The highest BCUT2D eigenvalue weighted by atomic mass is 35.5. The van der Waals surface area contributed by atoms with E-state index >= 15 is 0 Å². The molecule has 1 aromatic carbocycles. The molecule has 0 bridgehead atoms. The van der Waals surface area contributed by atoms with E-state index in [0.717, 1.165) is 45.6 Å². The molecule has 0 radical (unpaired) electrons. The van der Waals surface area contributed by atoms with Gasteiger partial charge in [0.25, 0.3) is 0 Å². The van der Waals surface area contributed by atoms with Crippen LogP contribution in [-0.2, 0) is 16.1 Å². The molecule has 0 spiro atoms. The first-order valence-electron chi connectivity index (χ1n) is 8.56. The van der Waals surface area contributed by atoms with E-state index in [4.69, 9.17) is 10.5 Å². The third-order valence-corrected chi connectivity index (χ3v) is 4.95. The first-order chi connectivity index (χ1) is 11.1. The summed E-state index contributed by atoms with van der Waals surface area (Å²) in [5.74, 6) is 0.334. The van der Waals surface area contributed by atoms with E-state index < -0.39 is 0 Å². The minimum atomic E-state index is 0. The highest BCUT2D eigenvalue weighted by molar-refractivity contribution is 5.85. The summed E-state index contributed by atoms with van der Waals surface area (Å²) < 4.78 is 5.44. The number of hydrogen-bond acceptors (Lipinski definition) is 4. The monoisotopic (exact) mass is 389 g/mol. The fourth-order valence-corrected chi connectivity index (χ4v) is 3.64. The SMILES string of the molecule is CN(Cc1ccccc1N1CCOCC1)C(=O)C1CCC(N)C1.Cl.Cl. The van der Waals surface area contributed by atoms with Gasteiger partial charge in [0, 0.05) is 44.3 Å². The van der Waals surface area contributed by atoms with E-state index in [0.29, 0.717) is 6.54 Å². The average molecular weight is 390 g/mol. The van der Waals surface area contributed by atoms with Crippen molar-refractivity contribution in [1.29, 1.82) is 0 Å². The van der Waals surface area contributed by atoms with Gasteiger partial charge in [-0.15, -0.1) is 24.8 Å². The number of nitrogens with zero attached hydrogens (tertiary/aromatic N) is 2. The van der Waals surface area contributed by atoms with Crippen molar-refractivity contribution in [1.82, 2.24) is 4.90 Å². The highest BCUT2D eigenvalue weighted by Gasteiger charge is 2.30. The van der Waals surface area contributed by atoms with Crippen LogP contribution in [0.5, 0.6) is 0 Å². The molecular weight excluding hydrogens is 361 g/mol. The molecule has 1 saturated heterocycles. The van der Waals surface area contributed by atoms with Crippen molar-refractivity contribution in [2.24, 2.45) is 11.7 Å². The van der Waals surface area contributed by atoms with Crippen LogP contribution in [-0.4, -0.2) is 50.2 Å². The maximum Gasteiger partial charge on any atom is 0.225 e. The molecule has 1 aliphatic carbocycles. The number of nitrogens with two attached hydrogens (primary N) is 1. The van der Waals surface area contributed by atoms with Crippen molar-refractivity contribution in [2.75, 3.05) is 38.3 Å². The van der Waals surface area contributed by atoms with Gasteiger partial charge in [-0.25, -0.2) is 0 Å². The van der Waals surface area contributed by atoms with Gasteiger partial charge in [-0.1, -0.05) is 18.2 Å². The molecule has 25 heavy (non-hydrogen) atoms. The lowest BCUT2D eigenvalue weighted by Crippen LogP contribution is -2.37. The van der Waals surface area contributed by atoms with Gasteiger partial charge in [0.15, 0.2) is 0 Å². The summed E-state index contributed by atoms with van der Waals surface area (Å²) in [5, 5.41) is 0. The predicted octanol–water partition coefficient (Wildman–Crippen LogP) is 2.45. The second-order valence-electron chi connectivity index (χ2n) is 6.69. The third kappa shape index (κ3) is 5.48. The van der Waals surface area contributed by atoms with E-state index in [1.807, 2.05) is 18.0 Å². The fourth-order valence-electron chi connectivity index (χ4n) is 3.64. The van der Waals surface area contributed by atoms with Gasteiger partial charge in [0.1, 0.15) is 0 Å². The number of hydrogen-bond donors (Lipinski definition) is 1. The zero-order chi connectivity index (χ0) is 16.2. The number of rotatable bonds is 4. The van der Waals surface area contributed by atoms with Gasteiger partial charge in [0.05, 0.1) is 13.2 Å². The fraction of sp³-hybridized carbons (Fsp3) is 0.611. The Bertz CT molecular complexity index is 553. The van der Waals surface area contributed by atoms with E-state index in [9.17, 15) is 4.79 Å². The average Bonchev–Trinajstić information content (AvgIpc) is 3.02. The largest absolute Gasteiger partial charge is 0.378 e. The molecule has 2 unspecified atom stereocenters. The summed E-state index contributed by atoms with van der Waals surface area (Å²) in [6, 6.07) is 8.56. The van der Waals surface area contributed by atoms with Crippen LogP contribution in [0.3, 0.4) is 0 Å². The molecule has 0 aromatic heterocycles. The van der Waals surface area contributed by atoms with E-state index in [2.05, 4.69) is 23.1 Å². The molecule has 2 fully saturated rings. The highest BCUT2D eigenvalue weighted by Crippen LogP contribution is 2.27. The Labute approximate surface area is 162 Å². The molecule has 1 aliphatic heterocycles. The van der Waals surface area contributed by atoms with Crippen molar-refractivity contribution in [3.8, 4) is 0 Å². The molecule has 1 saturated carbocycles. The van der Waals surface area contributed by atoms with Crippen LogP contribution < -0.4 is 10.6 Å². The van der Waals surface area contributed by atoms with E-state index in [-0.39, 0.29) is 42.7 Å². The van der Waals surface area contributed by atoms with E-state index in [1.165, 1.54) is 11.3 Å². The first kappa shape index (κ1) is 22.0. The number of ether oxygens (including phenoxy) is 1. The summed E-state index contributed by atoms with van der Waals surface area (Å²) in [6.07, 6.45) is 2.72. The number of anilines is 1. The molecule has 5 nitrogen and oxygen atoms in total. The first-order valence-corrected chi connectivity index (χ1v) is 8.56. The van der Waals surface area contributed by atoms with Gasteiger partial charge in [0.2, 0.25) is 5.91 Å². The second-order valence-corrected chi connectivity index (χ2v) is 6.69. The van der Waals surface area contributed by atoms with Gasteiger partial charge < -0.3 is 20.3 Å². The predicted molar refractivity (Wildman–Crippen MR) is 106 cm³/mol. The summed E-state index contributed by atoms with van der Waals surface area (Å²) in [5.41, 5.74) is 8.37. The number of halogens is 2. The number of carbonyl (C=O) groups excluding carboxylic acids is 1. The van der Waals surface area contributed by atoms with Crippen LogP contribution in [0.25, 0.3) is 0 Å². The van der Waals surface area contributed by atoms with Crippen LogP contribution >= 0.6 is 24.8 Å². The zero-order valence-electron chi connectivity index (χ0n) is 14.7. The van der Waals surface area contributed by atoms with Crippen LogP contribution in [0.2, 0.25) is 0 Å². The smallest absolute Gasteiger partial charge is 0.225 e. The number of carbonyl (C=O) groups is 1. The molecule has 142 valence electrons. The van der Waals surface area contributed by atoms with Crippen molar-refractivity contribution in [3.63, 3.8) is 0 Å². The molecule has 1 aromatic rings. The van der Waals surface area contributed by atoms with Crippen molar-refractivity contribution in [3.05, 3.63) is 29.8 Å².